The van der Waals surface area contributed by atoms with Crippen LogP contribution in [0.5, 0.6) is 5.75 Å². The molecule has 1 aromatic carbocycles. The number of piperidine rings is 1. The number of benzene rings is 1. The summed E-state index contributed by atoms with van der Waals surface area (Å²) < 4.78 is 5.36. The van der Waals surface area contributed by atoms with Crippen molar-refractivity contribution in [1.29, 1.82) is 0 Å². The van der Waals surface area contributed by atoms with Crippen LogP contribution < -0.4 is 4.74 Å². The van der Waals surface area contributed by atoms with Gasteiger partial charge in [0, 0.05) is 25.2 Å². The molecule has 0 unspecified atom stereocenters. The minimum atomic E-state index is -1.13. The summed E-state index contributed by atoms with van der Waals surface area (Å²) in [6.07, 6.45) is 0.228. The predicted octanol–water partition coefficient (Wildman–Crippen LogP) is 1.36. The highest BCUT2D eigenvalue weighted by Crippen LogP contribution is 2.68. The normalized spacial score (nSPS) is 29.9. The zero-order chi connectivity index (χ0) is 16.1. The number of aryl methyl sites for hydroxylation is 1. The lowest BCUT2D eigenvalue weighted by molar-refractivity contribution is -0.151. The second-order valence-electron chi connectivity index (χ2n) is 6.41. The highest BCUT2D eigenvalue weighted by molar-refractivity contribution is 5.94. The summed E-state index contributed by atoms with van der Waals surface area (Å²) in [5.41, 5.74) is -0.238. The van der Waals surface area contributed by atoms with E-state index >= 15 is 0 Å². The first-order valence-corrected chi connectivity index (χ1v) is 7.17. The van der Waals surface area contributed by atoms with Crippen molar-refractivity contribution < 1.29 is 24.5 Å². The molecule has 0 amide bonds. The molecule has 1 aliphatic heterocycles. The number of carbonyl (C=O) groups is 2. The molecule has 0 radical (unpaired) electrons. The van der Waals surface area contributed by atoms with Crippen LogP contribution in [0.2, 0.25) is 0 Å². The average Bonchev–Trinajstić information content (AvgIpc) is 3.01. The quantitative estimate of drug-likeness (QED) is 0.854. The lowest BCUT2D eigenvalue weighted by atomic mass is 9.97. The summed E-state index contributed by atoms with van der Waals surface area (Å²) in [7, 11) is 1.59. The van der Waals surface area contributed by atoms with E-state index in [1.807, 2.05) is 30.0 Å². The number of rotatable bonds is 5. The molecular weight excluding hydrogens is 286 g/mol. The molecule has 3 rings (SSSR count). The van der Waals surface area contributed by atoms with E-state index in [-0.39, 0.29) is 19.5 Å². The SMILES string of the molecule is COc1cc(C)ccc1CN1C[C@@]2(C(=O)O)C[C@@]2(C(=O)O)C1. The summed E-state index contributed by atoms with van der Waals surface area (Å²) in [6.45, 7) is 3.00. The number of methoxy groups -OCH3 is 1. The summed E-state index contributed by atoms with van der Waals surface area (Å²) in [5, 5.41) is 18.9. The molecule has 6 nitrogen and oxygen atoms in total. The molecule has 2 aliphatic rings. The van der Waals surface area contributed by atoms with Crippen LogP contribution >= 0.6 is 0 Å². The second-order valence-corrected chi connectivity index (χ2v) is 6.41. The number of ether oxygens (including phenoxy) is 1. The lowest BCUT2D eigenvalue weighted by Crippen LogP contribution is -2.28. The van der Waals surface area contributed by atoms with Crippen molar-refractivity contribution in [2.24, 2.45) is 10.8 Å². The van der Waals surface area contributed by atoms with E-state index in [9.17, 15) is 19.8 Å². The van der Waals surface area contributed by atoms with Gasteiger partial charge in [0.2, 0.25) is 0 Å². The number of fused-ring (bicyclic) bond motifs is 1. The van der Waals surface area contributed by atoms with Crippen molar-refractivity contribution in [1.82, 2.24) is 4.90 Å². The number of nitrogens with zero attached hydrogens (tertiary/aromatic N) is 1. The van der Waals surface area contributed by atoms with E-state index in [1.165, 1.54) is 0 Å². The minimum Gasteiger partial charge on any atom is -0.496 e. The minimum absolute atomic E-state index is 0.228. The number of carboxylic acid groups (broad SMARTS) is 2. The number of hydrogen-bond donors (Lipinski definition) is 2. The molecule has 2 N–H and O–H groups in total. The highest BCUT2D eigenvalue weighted by Gasteiger charge is 2.80. The second kappa shape index (κ2) is 4.71. The van der Waals surface area contributed by atoms with E-state index in [4.69, 9.17) is 4.74 Å². The molecule has 2 atom stereocenters. The van der Waals surface area contributed by atoms with Crippen LogP contribution in [0.3, 0.4) is 0 Å². The van der Waals surface area contributed by atoms with Crippen molar-refractivity contribution in [2.45, 2.75) is 19.9 Å². The Morgan fingerprint density at radius 2 is 1.82 bits per heavy atom. The molecule has 0 aromatic heterocycles. The van der Waals surface area contributed by atoms with Crippen LogP contribution in [-0.4, -0.2) is 47.3 Å². The maximum Gasteiger partial charge on any atom is 0.312 e. The number of carboxylic acids is 2. The van der Waals surface area contributed by atoms with Gasteiger partial charge in [-0.05, 0) is 25.0 Å². The molecule has 0 bridgehead atoms. The van der Waals surface area contributed by atoms with Crippen LogP contribution in [0.25, 0.3) is 0 Å². The molecular formula is C16H19NO5. The van der Waals surface area contributed by atoms with Gasteiger partial charge in [0.05, 0.1) is 17.9 Å². The number of likely N-dealkylation sites (tertiary alicyclic amines) is 1. The fraction of sp³-hybridized carbons (Fsp3) is 0.500. The van der Waals surface area contributed by atoms with Gasteiger partial charge >= 0.3 is 11.9 Å². The number of aliphatic carboxylic acids is 2. The van der Waals surface area contributed by atoms with Crippen molar-refractivity contribution in [2.75, 3.05) is 20.2 Å². The smallest absolute Gasteiger partial charge is 0.312 e. The predicted molar refractivity (Wildman–Crippen MR) is 77.8 cm³/mol. The van der Waals surface area contributed by atoms with Crippen molar-refractivity contribution in [3.63, 3.8) is 0 Å². The Bertz CT molecular complexity index is 630. The molecule has 1 saturated carbocycles. The fourth-order valence-corrected chi connectivity index (χ4v) is 3.74. The van der Waals surface area contributed by atoms with Crippen LogP contribution in [0, 0.1) is 17.8 Å². The Kier molecular flexibility index (Phi) is 3.18. The first kappa shape index (κ1) is 14.8. The first-order valence-electron chi connectivity index (χ1n) is 7.17. The third kappa shape index (κ3) is 1.90. The van der Waals surface area contributed by atoms with E-state index < -0.39 is 22.8 Å². The Balaban J connectivity index is 1.82. The highest BCUT2D eigenvalue weighted by atomic mass is 16.5. The maximum atomic E-state index is 11.5. The third-order valence-corrected chi connectivity index (χ3v) is 5.04. The van der Waals surface area contributed by atoms with E-state index in [0.29, 0.717) is 6.54 Å². The molecule has 0 spiro atoms. The first-order chi connectivity index (χ1) is 10.3. The van der Waals surface area contributed by atoms with Gasteiger partial charge < -0.3 is 14.9 Å². The largest absolute Gasteiger partial charge is 0.496 e. The Morgan fingerprint density at radius 1 is 1.23 bits per heavy atom. The lowest BCUT2D eigenvalue weighted by Gasteiger charge is -2.21. The monoisotopic (exact) mass is 305 g/mol. The molecule has 1 aromatic rings. The van der Waals surface area contributed by atoms with Crippen molar-refractivity contribution >= 4 is 11.9 Å². The zero-order valence-corrected chi connectivity index (χ0v) is 12.6. The van der Waals surface area contributed by atoms with E-state index in [0.717, 1.165) is 16.9 Å². The number of hydrogen-bond acceptors (Lipinski definition) is 4. The fourth-order valence-electron chi connectivity index (χ4n) is 3.74. The van der Waals surface area contributed by atoms with Gasteiger partial charge in [-0.2, -0.15) is 0 Å². The molecule has 118 valence electrons. The Hall–Kier alpha value is -2.08. The van der Waals surface area contributed by atoms with E-state index in [2.05, 4.69) is 0 Å². The summed E-state index contributed by atoms with van der Waals surface area (Å²) in [5.74, 6) is -1.27. The molecule has 2 fully saturated rings. The van der Waals surface area contributed by atoms with Gasteiger partial charge in [0.25, 0.3) is 0 Å². The zero-order valence-electron chi connectivity index (χ0n) is 12.6. The van der Waals surface area contributed by atoms with Crippen LogP contribution in [-0.2, 0) is 16.1 Å². The van der Waals surface area contributed by atoms with Crippen molar-refractivity contribution in [3.8, 4) is 5.75 Å². The van der Waals surface area contributed by atoms with Gasteiger partial charge in [0.1, 0.15) is 5.75 Å². The topological polar surface area (TPSA) is 87.1 Å². The molecule has 1 aliphatic carbocycles. The molecule has 1 heterocycles. The van der Waals surface area contributed by atoms with Crippen molar-refractivity contribution in [3.05, 3.63) is 29.3 Å². The third-order valence-electron chi connectivity index (χ3n) is 5.04. The average molecular weight is 305 g/mol. The molecule has 6 heteroatoms. The Morgan fingerprint density at radius 3 is 2.32 bits per heavy atom. The summed E-state index contributed by atoms with van der Waals surface area (Å²) in [6, 6.07) is 5.83. The summed E-state index contributed by atoms with van der Waals surface area (Å²) in [4.78, 5) is 25.0. The van der Waals surface area contributed by atoms with Gasteiger partial charge in [0.15, 0.2) is 0 Å². The summed E-state index contributed by atoms with van der Waals surface area (Å²) >= 11 is 0. The van der Waals surface area contributed by atoms with Gasteiger partial charge in [-0.25, -0.2) is 0 Å². The maximum absolute atomic E-state index is 11.5. The van der Waals surface area contributed by atoms with Crippen LogP contribution in [0.15, 0.2) is 18.2 Å². The van der Waals surface area contributed by atoms with Gasteiger partial charge in [-0.15, -0.1) is 0 Å². The Labute approximate surface area is 128 Å². The van der Waals surface area contributed by atoms with Gasteiger partial charge in [-0.3, -0.25) is 14.5 Å². The van der Waals surface area contributed by atoms with Crippen LogP contribution in [0.1, 0.15) is 17.5 Å². The van der Waals surface area contributed by atoms with Gasteiger partial charge in [-0.1, -0.05) is 12.1 Å². The molecule has 22 heavy (non-hydrogen) atoms. The van der Waals surface area contributed by atoms with Crippen LogP contribution in [0.4, 0.5) is 0 Å². The molecule has 1 saturated heterocycles. The van der Waals surface area contributed by atoms with E-state index in [1.54, 1.807) is 7.11 Å². The standard InChI is InChI=1S/C16H19NO5/c1-10-3-4-11(12(5-10)22-2)6-17-8-15(13(18)19)7-16(15,9-17)14(20)21/h3-5H,6-9H2,1-2H3,(H,18,19)(H,20,21)/t15-,16+.